The molecule has 0 saturated carbocycles. The van der Waals surface area contributed by atoms with Gasteiger partial charge in [0, 0.05) is 13.0 Å². The quantitative estimate of drug-likeness (QED) is 0.287. The van der Waals surface area contributed by atoms with Crippen LogP contribution in [0.2, 0.25) is 5.02 Å². The van der Waals surface area contributed by atoms with Crippen molar-refractivity contribution in [3.63, 3.8) is 0 Å². The Morgan fingerprint density at radius 1 is 1.03 bits per heavy atom. The Morgan fingerprint density at radius 3 is 2.47 bits per heavy atom. The fraction of sp³-hybridized carbons (Fsp3) is 0.308. The normalized spacial score (nSPS) is 26.2. The number of carbonyl (C=O) groups is 4. The van der Waals surface area contributed by atoms with Crippen molar-refractivity contribution in [2.24, 2.45) is 23.7 Å². The summed E-state index contributed by atoms with van der Waals surface area (Å²) in [6, 6.07) is 13.3. The first kappa shape index (κ1) is 22.3. The van der Waals surface area contributed by atoms with Gasteiger partial charge in [-0.1, -0.05) is 42.8 Å². The topological polar surface area (TPSA) is 84.0 Å². The minimum atomic E-state index is -0.623. The van der Waals surface area contributed by atoms with Gasteiger partial charge in [0.15, 0.2) is 0 Å². The fourth-order valence-electron chi connectivity index (χ4n) is 5.03. The highest BCUT2D eigenvalue weighted by Crippen LogP contribution is 2.40. The largest absolute Gasteiger partial charge is 0.426 e. The first-order chi connectivity index (χ1) is 16.3. The number of imide groups is 1. The second kappa shape index (κ2) is 8.72. The molecule has 0 unspecified atom stereocenters. The van der Waals surface area contributed by atoms with Crippen molar-refractivity contribution in [1.29, 1.82) is 0 Å². The summed E-state index contributed by atoms with van der Waals surface area (Å²) in [5, 5.41) is 0.441. The number of para-hydroxylation sites is 1. The van der Waals surface area contributed by atoms with Gasteiger partial charge in [0.2, 0.25) is 17.7 Å². The molecule has 2 fully saturated rings. The van der Waals surface area contributed by atoms with Crippen molar-refractivity contribution in [1.82, 2.24) is 0 Å². The molecule has 2 aromatic carbocycles. The van der Waals surface area contributed by atoms with E-state index in [0.29, 0.717) is 22.8 Å². The third kappa shape index (κ3) is 3.80. The lowest BCUT2D eigenvalue weighted by Gasteiger charge is -2.22. The van der Waals surface area contributed by atoms with E-state index in [4.69, 9.17) is 16.3 Å². The minimum absolute atomic E-state index is 0.0138. The van der Waals surface area contributed by atoms with Gasteiger partial charge in [-0.3, -0.25) is 24.1 Å². The molecule has 0 spiro atoms. The molecule has 2 aliphatic heterocycles. The van der Waals surface area contributed by atoms with Gasteiger partial charge in [-0.2, -0.15) is 0 Å². The first-order valence-corrected chi connectivity index (χ1v) is 11.6. The van der Waals surface area contributed by atoms with Crippen LogP contribution in [0, 0.1) is 23.7 Å². The highest BCUT2D eigenvalue weighted by molar-refractivity contribution is 6.34. The average molecular weight is 479 g/mol. The van der Waals surface area contributed by atoms with Gasteiger partial charge < -0.3 is 9.64 Å². The van der Waals surface area contributed by atoms with E-state index in [-0.39, 0.29) is 54.2 Å². The molecule has 7 nitrogen and oxygen atoms in total. The molecule has 3 amide bonds. The summed E-state index contributed by atoms with van der Waals surface area (Å²) in [6.45, 7) is 2.14. The molecule has 34 heavy (non-hydrogen) atoms. The van der Waals surface area contributed by atoms with E-state index in [1.54, 1.807) is 48.5 Å². The highest BCUT2D eigenvalue weighted by Gasteiger charge is 2.50. The maximum atomic E-state index is 12.9. The van der Waals surface area contributed by atoms with Crippen molar-refractivity contribution in [3.8, 4) is 5.75 Å². The average Bonchev–Trinajstić information content (AvgIpc) is 3.33. The second-order valence-electron chi connectivity index (χ2n) is 8.94. The van der Waals surface area contributed by atoms with E-state index in [9.17, 15) is 19.2 Å². The summed E-state index contributed by atoms with van der Waals surface area (Å²) in [5.41, 5.74) is 1.02. The summed E-state index contributed by atoms with van der Waals surface area (Å²) >= 11 is 6.20. The Kier molecular flexibility index (Phi) is 5.73. The minimum Gasteiger partial charge on any atom is -0.426 e. The van der Waals surface area contributed by atoms with Crippen LogP contribution in [0.5, 0.6) is 5.75 Å². The van der Waals surface area contributed by atoms with Crippen molar-refractivity contribution in [2.45, 2.75) is 19.8 Å². The molecule has 0 aromatic heterocycles. The first-order valence-electron chi connectivity index (χ1n) is 11.3. The van der Waals surface area contributed by atoms with E-state index in [0.717, 1.165) is 0 Å². The summed E-state index contributed by atoms with van der Waals surface area (Å²) in [4.78, 5) is 53.7. The molecule has 4 atom stereocenters. The van der Waals surface area contributed by atoms with E-state index < -0.39 is 11.9 Å². The zero-order valence-corrected chi connectivity index (χ0v) is 19.3. The lowest BCUT2D eigenvalue weighted by Crippen LogP contribution is -2.31. The Bertz CT molecular complexity index is 1210. The predicted molar refractivity (Wildman–Crippen MR) is 126 cm³/mol. The fourth-order valence-corrected chi connectivity index (χ4v) is 5.27. The molecular weight excluding hydrogens is 456 g/mol. The van der Waals surface area contributed by atoms with Gasteiger partial charge in [-0.15, -0.1) is 0 Å². The van der Waals surface area contributed by atoms with Gasteiger partial charge in [0.05, 0.1) is 34.2 Å². The third-order valence-electron chi connectivity index (χ3n) is 6.79. The molecule has 2 saturated heterocycles. The number of hydrogen-bond acceptors (Lipinski definition) is 5. The van der Waals surface area contributed by atoms with E-state index >= 15 is 0 Å². The molecule has 2 heterocycles. The van der Waals surface area contributed by atoms with E-state index in [1.807, 2.05) is 19.1 Å². The van der Waals surface area contributed by atoms with E-state index in [2.05, 4.69) is 0 Å². The number of nitrogens with zero attached hydrogens (tertiary/aromatic N) is 2. The molecule has 2 aromatic rings. The molecule has 8 heteroatoms. The van der Waals surface area contributed by atoms with Gasteiger partial charge in [-0.25, -0.2) is 0 Å². The van der Waals surface area contributed by atoms with Crippen molar-refractivity contribution in [3.05, 3.63) is 65.7 Å². The van der Waals surface area contributed by atoms with Gasteiger partial charge in [0.25, 0.3) is 0 Å². The van der Waals surface area contributed by atoms with Crippen LogP contribution in [0.3, 0.4) is 0 Å². The van der Waals surface area contributed by atoms with Gasteiger partial charge >= 0.3 is 5.97 Å². The van der Waals surface area contributed by atoms with Crippen LogP contribution in [0.4, 0.5) is 11.4 Å². The number of allylic oxidation sites excluding steroid dienone is 2. The van der Waals surface area contributed by atoms with Crippen LogP contribution in [0.1, 0.15) is 19.8 Å². The molecule has 0 N–H and O–H groups in total. The van der Waals surface area contributed by atoms with Crippen molar-refractivity contribution < 1.29 is 23.9 Å². The summed E-state index contributed by atoms with van der Waals surface area (Å²) in [7, 11) is 0. The maximum absolute atomic E-state index is 12.9. The predicted octanol–water partition coefficient (Wildman–Crippen LogP) is 4.00. The van der Waals surface area contributed by atoms with Crippen molar-refractivity contribution >= 4 is 46.7 Å². The number of fused-ring (bicyclic) bond motifs is 1. The summed E-state index contributed by atoms with van der Waals surface area (Å²) in [5.74, 6) is -2.09. The van der Waals surface area contributed by atoms with E-state index in [1.165, 1.54) is 9.80 Å². The molecule has 5 rings (SSSR count). The van der Waals surface area contributed by atoms with Crippen molar-refractivity contribution in [2.75, 3.05) is 16.3 Å². The molecule has 0 bridgehead atoms. The second-order valence-corrected chi connectivity index (χ2v) is 9.35. The number of benzene rings is 2. The van der Waals surface area contributed by atoms with Crippen LogP contribution in [-0.4, -0.2) is 30.2 Å². The van der Waals surface area contributed by atoms with Crippen LogP contribution >= 0.6 is 11.6 Å². The Labute approximate surface area is 201 Å². The van der Waals surface area contributed by atoms with Gasteiger partial charge in [-0.05, 0) is 48.7 Å². The molecule has 174 valence electrons. The van der Waals surface area contributed by atoms with Crippen LogP contribution < -0.4 is 14.5 Å². The number of halogens is 1. The lowest BCUT2D eigenvalue weighted by molar-refractivity contribution is -0.139. The molecule has 0 radical (unpaired) electrons. The number of ether oxygens (including phenoxy) is 1. The number of amides is 3. The number of rotatable bonds is 4. The Balaban J connectivity index is 1.26. The molecule has 3 aliphatic rings. The maximum Gasteiger partial charge on any atom is 0.316 e. The lowest BCUT2D eigenvalue weighted by atomic mass is 9.78. The Hall–Kier alpha value is -3.45. The number of hydrogen-bond donors (Lipinski definition) is 0. The SMILES string of the molecule is C[C@@H]1C=CC[C@@H]2C(=O)N(c3ccc(OC(=O)[C@@H]4CC(=O)N(c5ccccc5Cl)C4)cc3)C(=O)[C@@H]12. The smallest absolute Gasteiger partial charge is 0.316 e. The molecular formula is C26H23ClN2O5. The highest BCUT2D eigenvalue weighted by atomic mass is 35.5. The number of esters is 1. The monoisotopic (exact) mass is 478 g/mol. The number of anilines is 2. The summed E-state index contributed by atoms with van der Waals surface area (Å²) < 4.78 is 5.49. The summed E-state index contributed by atoms with van der Waals surface area (Å²) in [6.07, 6.45) is 4.55. The van der Waals surface area contributed by atoms with Crippen LogP contribution in [0.25, 0.3) is 0 Å². The molecule has 1 aliphatic carbocycles. The van der Waals surface area contributed by atoms with Crippen LogP contribution in [-0.2, 0) is 19.2 Å². The Morgan fingerprint density at radius 2 is 1.76 bits per heavy atom. The number of carbonyl (C=O) groups excluding carboxylic acids is 4. The van der Waals surface area contributed by atoms with Gasteiger partial charge in [0.1, 0.15) is 5.75 Å². The zero-order valence-electron chi connectivity index (χ0n) is 18.5. The van der Waals surface area contributed by atoms with Crippen LogP contribution in [0.15, 0.2) is 60.7 Å². The third-order valence-corrected chi connectivity index (χ3v) is 7.11. The standard InChI is InChI=1S/C26H23ClN2O5/c1-15-5-4-6-19-23(15)25(32)29(24(19)31)17-9-11-18(12-10-17)34-26(33)16-13-22(30)28(14-16)21-8-3-2-7-20(21)27/h2-5,7-12,15-16,19,23H,6,13-14H2,1H3/t15-,16-,19+,23+/m1/s1. The zero-order chi connectivity index (χ0) is 24.0.